The van der Waals surface area contributed by atoms with Crippen LogP contribution in [0, 0.1) is 34.5 Å². The second-order valence-electron chi connectivity index (χ2n) is 20.6. The van der Waals surface area contributed by atoms with E-state index in [0.29, 0.717) is 31.6 Å². The summed E-state index contributed by atoms with van der Waals surface area (Å²) in [7, 11) is 1.55. The number of aliphatic carboxylic acids is 2. The number of carbonyl (C=O) groups excluding carboxylic acids is 3. The number of hydrogen-bond donors (Lipinski definition) is 9. The number of nitrogens with one attached hydrogen (secondary N) is 5. The van der Waals surface area contributed by atoms with E-state index in [2.05, 4.69) is 79.8 Å². The third-order valence-corrected chi connectivity index (χ3v) is 18.1. The zero-order valence-corrected chi connectivity index (χ0v) is 41.1. The van der Waals surface area contributed by atoms with Crippen LogP contribution in [0.2, 0.25) is 0 Å². The molecule has 17 heteroatoms. The van der Waals surface area contributed by atoms with Crippen LogP contribution in [-0.4, -0.2) is 110 Å². The number of esters is 1. The molecule has 2 bridgehead atoms. The van der Waals surface area contributed by atoms with Gasteiger partial charge in [0.2, 0.25) is 23.8 Å². The van der Waals surface area contributed by atoms with Gasteiger partial charge >= 0.3 is 17.9 Å². The zero-order chi connectivity index (χ0) is 50.0. The smallest absolute Gasteiger partial charge is 0.353 e. The number of carboxylic acids is 2. The molecule has 378 valence electrons. The van der Waals surface area contributed by atoms with E-state index < -0.39 is 76.8 Å². The fourth-order valence-corrected chi connectivity index (χ4v) is 15.0. The molecule has 1 aromatic carbocycles. The van der Waals surface area contributed by atoms with E-state index in [1.54, 1.807) is 7.05 Å². The van der Waals surface area contributed by atoms with Crippen LogP contribution in [0.3, 0.4) is 0 Å². The third-order valence-electron chi connectivity index (χ3n) is 16.5. The highest BCUT2D eigenvalue weighted by atomic mass is 32.2. The highest BCUT2D eigenvalue weighted by Gasteiger charge is 2.67. The quantitative estimate of drug-likeness (QED) is 0.0492. The first-order chi connectivity index (χ1) is 34.2. The summed E-state index contributed by atoms with van der Waals surface area (Å²) in [5.74, 6) is 2.48. The average Bonchev–Trinajstić information content (AvgIpc) is 4.07. The Bertz CT molecular complexity index is 2570. The second-order valence-corrected chi connectivity index (χ2v) is 21.7. The first kappa shape index (κ1) is 50.6. The Morgan fingerprint density at radius 1 is 1.00 bits per heavy atom. The number of aromatic nitrogens is 1. The molecule has 2 aliphatic heterocycles. The monoisotopic (exact) mass is 990 g/mol. The second kappa shape index (κ2) is 21.0. The van der Waals surface area contributed by atoms with Crippen LogP contribution in [0.5, 0.6) is 0 Å². The van der Waals surface area contributed by atoms with Crippen molar-refractivity contribution in [3.05, 3.63) is 100 Å². The van der Waals surface area contributed by atoms with Crippen molar-refractivity contribution in [1.29, 1.82) is 0 Å². The first-order valence-corrected chi connectivity index (χ1v) is 26.4. The fourth-order valence-electron chi connectivity index (χ4n) is 13.3. The Kier molecular flexibility index (Phi) is 15.0. The predicted molar refractivity (Wildman–Crippen MR) is 265 cm³/mol. The lowest BCUT2D eigenvalue weighted by molar-refractivity contribution is -0.164. The van der Waals surface area contributed by atoms with Crippen molar-refractivity contribution in [2.45, 2.75) is 137 Å². The molecule has 0 saturated heterocycles. The summed E-state index contributed by atoms with van der Waals surface area (Å²) in [6.07, 6.45) is 16.4. The van der Waals surface area contributed by atoms with Gasteiger partial charge in [-0.15, -0.1) is 11.8 Å². The van der Waals surface area contributed by atoms with E-state index in [4.69, 9.17) is 4.74 Å². The van der Waals surface area contributed by atoms with Gasteiger partial charge in [-0.1, -0.05) is 85.9 Å². The number of carboxylic acid groups (broad SMARTS) is 2. The van der Waals surface area contributed by atoms with Gasteiger partial charge in [-0.25, -0.2) is 14.4 Å². The molecule has 0 radical (unpaired) electrons. The number of pyridine rings is 1. The molecule has 0 unspecified atom stereocenters. The summed E-state index contributed by atoms with van der Waals surface area (Å²) in [5.41, 5.74) is 1.74. The minimum absolute atomic E-state index is 0.0195. The topological polar surface area (TPSA) is 249 Å². The number of hydrogen-bond acceptors (Lipinski definition) is 13. The number of thioether (sulfide) groups is 1. The van der Waals surface area contributed by atoms with Crippen molar-refractivity contribution >= 4 is 41.5 Å². The number of amides is 2. The van der Waals surface area contributed by atoms with E-state index >= 15 is 4.79 Å². The van der Waals surface area contributed by atoms with Crippen LogP contribution in [0.1, 0.15) is 112 Å². The summed E-state index contributed by atoms with van der Waals surface area (Å²) in [4.78, 5) is 71.9. The maximum absolute atomic E-state index is 16.0. The lowest BCUT2D eigenvalue weighted by atomic mass is 9.54. The Labute approximate surface area is 418 Å². The minimum Gasteiger partial charge on any atom is -0.478 e. The molecule has 3 heterocycles. The molecule has 7 aliphatic rings. The number of fused-ring (bicyclic) bond motifs is 2. The van der Waals surface area contributed by atoms with Crippen LogP contribution in [-0.2, 0) is 41.6 Å². The highest BCUT2D eigenvalue weighted by Crippen LogP contribution is 2.66. The zero-order valence-electron chi connectivity index (χ0n) is 40.3. The molecule has 2 aromatic rings. The van der Waals surface area contributed by atoms with Crippen molar-refractivity contribution in [2.75, 3.05) is 26.0 Å². The van der Waals surface area contributed by atoms with Gasteiger partial charge in [0.1, 0.15) is 11.8 Å². The standard InChI is InChI=1S/C54H66N6O10S/c1-55-32-58-54(69,49(66)67)25-17-41(61)59-40(46(62)60-47(63)48(64)65)31-71-45-43-42-35(12-3-2-6-20-51(45)21-7-8-22-51)30-36(29-33-18-27-56-28-19-33)44-52(42,50(68)70-43)23-9-13-34-11-4-5-14-37(34)38-16-24-53(44)39(38)15-10-26-57-53/h4-5,10-11,14-15,18-19,27-28,35,38-40,45,47,55,57-58,63,69H,2-3,6-8,12-13,16-17,20-22,24-26,29-32H2,1H3,(H,59,61)(H,60,62)(H,64,65)(H,66,67)/t35-,38+,39+,40-,45-,47-,52-,53-,54+/m0/s1. The van der Waals surface area contributed by atoms with Crippen molar-refractivity contribution in [3.63, 3.8) is 0 Å². The normalized spacial score (nSPS) is 28.9. The summed E-state index contributed by atoms with van der Waals surface area (Å²) in [5, 5.41) is 54.0. The van der Waals surface area contributed by atoms with E-state index in [9.17, 15) is 39.6 Å². The summed E-state index contributed by atoms with van der Waals surface area (Å²) >= 11 is 1.38. The van der Waals surface area contributed by atoms with Gasteiger partial charge in [0.15, 0.2) is 5.41 Å². The number of aliphatic hydroxyl groups excluding tert-OH is 1. The molecule has 5 aliphatic carbocycles. The molecule has 9 rings (SSSR count). The van der Waals surface area contributed by atoms with E-state index in [1.807, 2.05) is 24.5 Å². The summed E-state index contributed by atoms with van der Waals surface area (Å²) in [6.45, 7) is 0.547. The van der Waals surface area contributed by atoms with Crippen LogP contribution < -0.4 is 26.6 Å². The molecule has 9 N–H and O–H groups in total. The van der Waals surface area contributed by atoms with Gasteiger partial charge < -0.3 is 46.4 Å². The lowest BCUT2D eigenvalue weighted by Crippen LogP contribution is -2.59. The van der Waals surface area contributed by atoms with Crippen molar-refractivity contribution in [2.24, 2.45) is 22.7 Å². The Balaban J connectivity index is 1.19. The lowest BCUT2D eigenvalue weighted by Gasteiger charge is -2.51. The molecular weight excluding hydrogens is 925 g/mol. The molecule has 1 aromatic heterocycles. The van der Waals surface area contributed by atoms with Crippen molar-refractivity contribution in [3.8, 4) is 11.8 Å². The maximum Gasteiger partial charge on any atom is 0.353 e. The van der Waals surface area contributed by atoms with Crippen molar-refractivity contribution in [1.82, 2.24) is 31.6 Å². The number of ether oxygens (including phenoxy) is 1. The molecule has 16 nitrogen and oxygen atoms in total. The Hall–Kier alpha value is -5.35. The van der Waals surface area contributed by atoms with Crippen LogP contribution in [0.4, 0.5) is 0 Å². The number of aliphatic hydroxyl groups is 2. The molecule has 71 heavy (non-hydrogen) atoms. The Morgan fingerprint density at radius 2 is 1.76 bits per heavy atom. The number of benzene rings is 1. The summed E-state index contributed by atoms with van der Waals surface area (Å²) in [6, 6.07) is 11.2. The predicted octanol–water partition coefficient (Wildman–Crippen LogP) is 4.34. The van der Waals surface area contributed by atoms with Gasteiger partial charge in [0.25, 0.3) is 0 Å². The fraction of sp³-hybridized carbons (Fsp3) is 0.556. The highest BCUT2D eigenvalue weighted by molar-refractivity contribution is 8.00. The van der Waals surface area contributed by atoms with E-state index in [0.717, 1.165) is 92.9 Å². The molecular formula is C54H66N6O10S. The molecule has 2 saturated carbocycles. The van der Waals surface area contributed by atoms with Crippen molar-refractivity contribution < 1.29 is 49.1 Å². The van der Waals surface area contributed by atoms with Gasteiger partial charge in [-0.2, -0.15) is 0 Å². The molecule has 2 spiro atoms. The average molecular weight is 991 g/mol. The van der Waals surface area contributed by atoms with Gasteiger partial charge in [-0.05, 0) is 110 Å². The first-order valence-electron chi connectivity index (χ1n) is 25.3. The molecule has 9 atom stereocenters. The van der Waals surface area contributed by atoms with Crippen LogP contribution in [0.25, 0.3) is 0 Å². The number of rotatable bonds is 16. The molecule has 2 fully saturated rings. The van der Waals surface area contributed by atoms with Crippen LogP contribution >= 0.6 is 11.8 Å². The largest absolute Gasteiger partial charge is 0.478 e. The van der Waals surface area contributed by atoms with Gasteiger partial charge in [-0.3, -0.25) is 19.9 Å². The van der Waals surface area contributed by atoms with Gasteiger partial charge in [0, 0.05) is 67.7 Å². The van der Waals surface area contributed by atoms with Gasteiger partial charge in [0.05, 0.1) is 5.25 Å². The van der Waals surface area contributed by atoms with Crippen LogP contribution in [0.15, 0.2) is 83.4 Å². The SMILES string of the molecule is CNCN[C@@](O)(CCC(=O)N[C@@H](CS[C@H]1C2=C3[C@@H](CCCCCC14CCCC4)CC(Cc1ccncc1)=C1[C@@]3(C#CCc3ccccc3[C@H]3CC[C@@]14NCC=C[C@H]34)C(=O)O2)C(=O)N[C@@H](O)C(=O)O)C(=O)O. The third kappa shape index (κ3) is 9.59. The number of allylic oxidation sites excluding steroid dienone is 1. The minimum atomic E-state index is -2.47. The summed E-state index contributed by atoms with van der Waals surface area (Å²) < 4.78 is 7.02. The number of carbonyl (C=O) groups is 5. The molecule has 2 amide bonds. The Morgan fingerprint density at radius 3 is 2.51 bits per heavy atom. The van der Waals surface area contributed by atoms with E-state index in [-0.39, 0.29) is 35.6 Å². The maximum atomic E-state index is 16.0. The number of nitrogens with zero attached hydrogens (tertiary/aromatic N) is 1. The van der Waals surface area contributed by atoms with E-state index in [1.165, 1.54) is 22.9 Å².